The highest BCUT2D eigenvalue weighted by Gasteiger charge is 2.26. The lowest BCUT2D eigenvalue weighted by molar-refractivity contribution is -0.139. The molecule has 1 saturated heterocycles. The van der Waals surface area contributed by atoms with Crippen LogP contribution in [0.5, 0.6) is 0 Å². The molecule has 2 unspecified atom stereocenters. The average molecular weight is 261 g/mol. The highest BCUT2D eigenvalue weighted by molar-refractivity contribution is 5.72. The summed E-state index contributed by atoms with van der Waals surface area (Å²) >= 11 is 0. The number of rotatable bonds is 4. The zero-order chi connectivity index (χ0) is 13.8. The molecule has 0 radical (unpaired) electrons. The molecule has 3 nitrogen and oxygen atoms in total. The summed E-state index contributed by atoms with van der Waals surface area (Å²) in [4.78, 5) is 14.0. The molecule has 0 aromatic heterocycles. The zero-order valence-corrected chi connectivity index (χ0v) is 12.1. The van der Waals surface area contributed by atoms with Crippen LogP contribution in [0.25, 0.3) is 0 Å². The Balaban J connectivity index is 2.09. The molecule has 0 aliphatic carbocycles. The maximum absolute atomic E-state index is 11.5. The van der Waals surface area contributed by atoms with Crippen molar-refractivity contribution in [1.82, 2.24) is 4.90 Å². The number of benzene rings is 1. The summed E-state index contributed by atoms with van der Waals surface area (Å²) in [5.74, 6) is 0.595. The van der Waals surface area contributed by atoms with Gasteiger partial charge in [0.2, 0.25) is 0 Å². The van der Waals surface area contributed by atoms with Crippen molar-refractivity contribution in [2.75, 3.05) is 13.7 Å². The first-order valence-corrected chi connectivity index (χ1v) is 6.97. The predicted molar refractivity (Wildman–Crippen MR) is 75.8 cm³/mol. The van der Waals surface area contributed by atoms with E-state index in [1.807, 2.05) is 18.2 Å². The normalized spacial score (nSPS) is 23.5. The molecule has 3 heteroatoms. The van der Waals surface area contributed by atoms with Crippen LogP contribution in [0.1, 0.15) is 31.4 Å². The number of carbonyl (C=O) groups excluding carboxylic acids is 1. The monoisotopic (exact) mass is 261 g/mol. The maximum Gasteiger partial charge on any atom is 0.309 e. The Labute approximate surface area is 115 Å². The number of nitrogens with zero attached hydrogens (tertiary/aromatic N) is 1. The van der Waals surface area contributed by atoms with E-state index in [9.17, 15) is 4.79 Å². The van der Waals surface area contributed by atoms with Crippen LogP contribution in [0.15, 0.2) is 24.3 Å². The van der Waals surface area contributed by atoms with Crippen LogP contribution in [0.4, 0.5) is 0 Å². The van der Waals surface area contributed by atoms with E-state index in [-0.39, 0.29) is 5.97 Å². The van der Waals surface area contributed by atoms with Crippen molar-refractivity contribution in [3.8, 4) is 0 Å². The Morgan fingerprint density at radius 2 is 2.00 bits per heavy atom. The molecular weight excluding hydrogens is 238 g/mol. The molecule has 1 aromatic carbocycles. The zero-order valence-electron chi connectivity index (χ0n) is 12.1. The molecule has 0 amide bonds. The van der Waals surface area contributed by atoms with E-state index in [4.69, 9.17) is 4.74 Å². The molecule has 1 aliphatic rings. The van der Waals surface area contributed by atoms with E-state index in [1.54, 1.807) is 0 Å². The Hall–Kier alpha value is -1.35. The fourth-order valence-corrected chi connectivity index (χ4v) is 2.94. The minimum Gasteiger partial charge on any atom is -0.469 e. The SMILES string of the molecule is COC(=O)Cc1ccccc1CN1CC(C)CC1C. The van der Waals surface area contributed by atoms with Gasteiger partial charge in [-0.3, -0.25) is 9.69 Å². The van der Waals surface area contributed by atoms with E-state index in [1.165, 1.54) is 19.1 Å². The van der Waals surface area contributed by atoms with Gasteiger partial charge in [0, 0.05) is 19.1 Å². The molecule has 1 aliphatic heterocycles. The Bertz CT molecular complexity index is 444. The quantitative estimate of drug-likeness (QED) is 0.780. The van der Waals surface area contributed by atoms with Crippen molar-refractivity contribution in [3.05, 3.63) is 35.4 Å². The van der Waals surface area contributed by atoms with Gasteiger partial charge in [-0.2, -0.15) is 0 Å². The summed E-state index contributed by atoms with van der Waals surface area (Å²) in [6, 6.07) is 8.80. The van der Waals surface area contributed by atoms with Gasteiger partial charge in [0.1, 0.15) is 0 Å². The van der Waals surface area contributed by atoms with E-state index >= 15 is 0 Å². The van der Waals surface area contributed by atoms with Crippen molar-refractivity contribution in [1.29, 1.82) is 0 Å². The molecule has 1 fully saturated rings. The van der Waals surface area contributed by atoms with Crippen LogP contribution in [0.3, 0.4) is 0 Å². The third-order valence-electron chi connectivity index (χ3n) is 3.97. The molecule has 1 aromatic rings. The molecule has 1 heterocycles. The molecule has 2 atom stereocenters. The third kappa shape index (κ3) is 3.57. The van der Waals surface area contributed by atoms with Crippen molar-refractivity contribution in [2.24, 2.45) is 5.92 Å². The van der Waals surface area contributed by atoms with Gasteiger partial charge in [-0.25, -0.2) is 0 Å². The minimum absolute atomic E-state index is 0.171. The van der Waals surface area contributed by atoms with Crippen LogP contribution in [0, 0.1) is 5.92 Å². The standard InChI is InChI=1S/C16H23NO2/c1-12-8-13(2)17(10-12)11-15-7-5-4-6-14(15)9-16(18)19-3/h4-7,12-13H,8-11H2,1-3H3. The Morgan fingerprint density at radius 3 is 2.58 bits per heavy atom. The number of hydrogen-bond acceptors (Lipinski definition) is 3. The van der Waals surface area contributed by atoms with E-state index in [0.717, 1.165) is 24.6 Å². The van der Waals surface area contributed by atoms with Gasteiger partial charge in [-0.05, 0) is 30.4 Å². The molecule has 0 N–H and O–H groups in total. The van der Waals surface area contributed by atoms with Crippen molar-refractivity contribution >= 4 is 5.97 Å². The number of ether oxygens (including phenoxy) is 1. The van der Waals surface area contributed by atoms with Gasteiger partial charge in [0.05, 0.1) is 13.5 Å². The highest BCUT2D eigenvalue weighted by atomic mass is 16.5. The summed E-state index contributed by atoms with van der Waals surface area (Å²) in [6.07, 6.45) is 1.63. The first-order chi connectivity index (χ1) is 9.10. The van der Waals surface area contributed by atoms with Gasteiger partial charge in [-0.15, -0.1) is 0 Å². The van der Waals surface area contributed by atoms with E-state index in [2.05, 4.69) is 24.8 Å². The lowest BCUT2D eigenvalue weighted by Crippen LogP contribution is -2.27. The van der Waals surface area contributed by atoms with Crippen molar-refractivity contribution < 1.29 is 9.53 Å². The minimum atomic E-state index is -0.171. The molecule has 0 bridgehead atoms. The lowest BCUT2D eigenvalue weighted by Gasteiger charge is -2.22. The van der Waals surface area contributed by atoms with Crippen LogP contribution < -0.4 is 0 Å². The summed E-state index contributed by atoms with van der Waals surface area (Å²) < 4.78 is 4.76. The lowest BCUT2D eigenvalue weighted by atomic mass is 10.0. The molecule has 104 valence electrons. The predicted octanol–water partition coefficient (Wildman–Crippen LogP) is 2.63. The largest absolute Gasteiger partial charge is 0.469 e. The second kappa shape index (κ2) is 6.20. The molecule has 0 saturated carbocycles. The first-order valence-electron chi connectivity index (χ1n) is 6.97. The Kier molecular flexibility index (Phi) is 4.59. The van der Waals surface area contributed by atoms with Crippen LogP contribution in [-0.2, 0) is 22.5 Å². The van der Waals surface area contributed by atoms with E-state index in [0.29, 0.717) is 12.5 Å². The topological polar surface area (TPSA) is 29.5 Å². The van der Waals surface area contributed by atoms with Crippen LogP contribution in [0.2, 0.25) is 0 Å². The number of likely N-dealkylation sites (tertiary alicyclic amines) is 1. The highest BCUT2D eigenvalue weighted by Crippen LogP contribution is 2.25. The van der Waals surface area contributed by atoms with Gasteiger partial charge in [0.25, 0.3) is 0 Å². The Morgan fingerprint density at radius 1 is 1.32 bits per heavy atom. The second-order valence-corrected chi connectivity index (χ2v) is 5.64. The smallest absolute Gasteiger partial charge is 0.309 e. The molecule has 2 rings (SSSR count). The first kappa shape index (κ1) is 14.1. The van der Waals surface area contributed by atoms with Gasteiger partial charge in [-0.1, -0.05) is 31.2 Å². The summed E-state index contributed by atoms with van der Waals surface area (Å²) in [5.41, 5.74) is 2.33. The van der Waals surface area contributed by atoms with Crippen LogP contribution in [-0.4, -0.2) is 30.6 Å². The summed E-state index contributed by atoms with van der Waals surface area (Å²) in [5, 5.41) is 0. The number of esters is 1. The van der Waals surface area contributed by atoms with Crippen molar-refractivity contribution in [2.45, 2.75) is 39.3 Å². The number of methoxy groups -OCH3 is 1. The summed E-state index contributed by atoms with van der Waals surface area (Å²) in [7, 11) is 1.44. The number of hydrogen-bond donors (Lipinski definition) is 0. The van der Waals surface area contributed by atoms with Gasteiger partial charge < -0.3 is 4.74 Å². The molecule has 19 heavy (non-hydrogen) atoms. The average Bonchev–Trinajstić information content (AvgIpc) is 2.70. The molecule has 0 spiro atoms. The molecular formula is C16H23NO2. The van der Waals surface area contributed by atoms with Crippen LogP contribution >= 0.6 is 0 Å². The maximum atomic E-state index is 11.5. The second-order valence-electron chi connectivity index (χ2n) is 5.64. The fourth-order valence-electron chi connectivity index (χ4n) is 2.94. The summed E-state index contributed by atoms with van der Waals surface area (Å²) in [6.45, 7) is 6.66. The fraction of sp³-hybridized carbons (Fsp3) is 0.562. The van der Waals surface area contributed by atoms with E-state index < -0.39 is 0 Å². The third-order valence-corrected chi connectivity index (χ3v) is 3.97. The number of carbonyl (C=O) groups is 1. The van der Waals surface area contributed by atoms with Gasteiger partial charge in [0.15, 0.2) is 0 Å². The van der Waals surface area contributed by atoms with Gasteiger partial charge >= 0.3 is 5.97 Å². The van der Waals surface area contributed by atoms with Crippen molar-refractivity contribution in [3.63, 3.8) is 0 Å².